The second-order valence-electron chi connectivity index (χ2n) is 5.49. The lowest BCUT2D eigenvalue weighted by Crippen LogP contribution is -2.12. The van der Waals surface area contributed by atoms with Gasteiger partial charge in [0, 0.05) is 6.42 Å². The molecule has 6 heteroatoms. The number of carbonyl (C=O) groups is 2. The number of hydrogen-bond acceptors (Lipinski definition) is 4. The summed E-state index contributed by atoms with van der Waals surface area (Å²) in [6, 6.07) is 10.9. The molecule has 0 fully saturated rings. The standard InChI is InChI=1S/C19H18Cl2O4/c1-24-16-7-6-12(9-15(22)11-18(23)25-2)14(10-16)8-13-4-3-5-17(20)19(13)21/h3-7,10H,8-9,11H2,1-2H3. The molecule has 0 radical (unpaired) electrons. The SMILES string of the molecule is COC(=O)CC(=O)Cc1ccc(OC)cc1Cc1cccc(Cl)c1Cl. The van der Waals surface area contributed by atoms with E-state index in [2.05, 4.69) is 4.74 Å². The lowest BCUT2D eigenvalue weighted by molar-refractivity contribution is -0.143. The van der Waals surface area contributed by atoms with Crippen molar-refractivity contribution in [1.82, 2.24) is 0 Å². The quantitative estimate of drug-likeness (QED) is 0.531. The fourth-order valence-corrected chi connectivity index (χ4v) is 2.85. The van der Waals surface area contributed by atoms with Gasteiger partial charge in [-0.15, -0.1) is 0 Å². The highest BCUT2D eigenvalue weighted by atomic mass is 35.5. The van der Waals surface area contributed by atoms with Crippen LogP contribution in [0.3, 0.4) is 0 Å². The van der Waals surface area contributed by atoms with E-state index in [1.165, 1.54) is 7.11 Å². The number of halogens is 2. The van der Waals surface area contributed by atoms with Crippen LogP contribution in [0.4, 0.5) is 0 Å². The molecule has 2 rings (SSSR count). The van der Waals surface area contributed by atoms with Gasteiger partial charge in [-0.2, -0.15) is 0 Å². The summed E-state index contributed by atoms with van der Waals surface area (Å²) < 4.78 is 9.81. The van der Waals surface area contributed by atoms with Crippen molar-refractivity contribution in [1.29, 1.82) is 0 Å². The molecule has 0 amide bonds. The summed E-state index contributed by atoms with van der Waals surface area (Å²) in [7, 11) is 2.84. The number of hydrogen-bond donors (Lipinski definition) is 0. The van der Waals surface area contributed by atoms with Crippen LogP contribution in [0, 0.1) is 0 Å². The molecule has 2 aromatic carbocycles. The highest BCUT2D eigenvalue weighted by molar-refractivity contribution is 6.42. The zero-order valence-corrected chi connectivity index (χ0v) is 15.5. The lowest BCUT2D eigenvalue weighted by Gasteiger charge is -2.13. The van der Waals surface area contributed by atoms with Crippen molar-refractivity contribution < 1.29 is 19.1 Å². The van der Waals surface area contributed by atoms with E-state index < -0.39 is 5.97 Å². The van der Waals surface area contributed by atoms with Gasteiger partial charge in [0.15, 0.2) is 0 Å². The Bertz CT molecular complexity index is 787. The number of carbonyl (C=O) groups excluding carboxylic acids is 2. The smallest absolute Gasteiger partial charge is 0.313 e. The van der Waals surface area contributed by atoms with E-state index in [0.29, 0.717) is 22.2 Å². The third-order valence-electron chi connectivity index (χ3n) is 3.78. The van der Waals surface area contributed by atoms with Gasteiger partial charge in [0.05, 0.1) is 24.3 Å². The van der Waals surface area contributed by atoms with Gasteiger partial charge in [-0.1, -0.05) is 41.4 Å². The van der Waals surface area contributed by atoms with Crippen LogP contribution in [0.25, 0.3) is 0 Å². The molecule has 0 aliphatic heterocycles. The van der Waals surface area contributed by atoms with E-state index in [9.17, 15) is 9.59 Å². The fraction of sp³-hybridized carbons (Fsp3) is 0.263. The molecule has 0 aliphatic carbocycles. The minimum absolute atomic E-state index is 0.132. The van der Waals surface area contributed by atoms with Gasteiger partial charge in [0.1, 0.15) is 18.0 Å². The molecule has 2 aromatic rings. The van der Waals surface area contributed by atoms with E-state index in [1.54, 1.807) is 19.2 Å². The van der Waals surface area contributed by atoms with Crippen molar-refractivity contribution in [2.45, 2.75) is 19.3 Å². The van der Waals surface area contributed by atoms with Gasteiger partial charge in [-0.05, 0) is 41.3 Å². The third-order valence-corrected chi connectivity index (χ3v) is 4.64. The second-order valence-corrected chi connectivity index (χ2v) is 6.28. The van der Waals surface area contributed by atoms with Crippen LogP contribution in [0.5, 0.6) is 5.75 Å². The summed E-state index contributed by atoms with van der Waals surface area (Å²) in [5.74, 6) is -0.0780. The molecule has 0 heterocycles. The van der Waals surface area contributed by atoms with Crippen molar-refractivity contribution in [3.8, 4) is 5.75 Å². The Morgan fingerprint density at radius 3 is 2.44 bits per heavy atom. The van der Waals surface area contributed by atoms with Gasteiger partial charge in [-0.25, -0.2) is 0 Å². The molecule has 0 saturated heterocycles. The lowest BCUT2D eigenvalue weighted by atomic mass is 9.95. The van der Waals surface area contributed by atoms with E-state index >= 15 is 0 Å². The van der Waals surface area contributed by atoms with Gasteiger partial charge in [0.2, 0.25) is 0 Å². The van der Waals surface area contributed by atoms with Gasteiger partial charge in [-0.3, -0.25) is 9.59 Å². The first-order valence-corrected chi connectivity index (χ1v) is 8.37. The van der Waals surface area contributed by atoms with Crippen molar-refractivity contribution in [2.24, 2.45) is 0 Å². The predicted molar refractivity (Wildman–Crippen MR) is 97.6 cm³/mol. The second kappa shape index (κ2) is 8.88. The van der Waals surface area contributed by atoms with Crippen LogP contribution in [0.15, 0.2) is 36.4 Å². The van der Waals surface area contributed by atoms with Crippen LogP contribution in [-0.4, -0.2) is 26.0 Å². The molecule has 0 unspecified atom stereocenters. The van der Waals surface area contributed by atoms with E-state index in [0.717, 1.165) is 16.7 Å². The van der Waals surface area contributed by atoms with Gasteiger partial charge < -0.3 is 9.47 Å². The normalized spacial score (nSPS) is 10.4. The van der Waals surface area contributed by atoms with Crippen LogP contribution >= 0.6 is 23.2 Å². The highest BCUT2D eigenvalue weighted by Gasteiger charge is 2.15. The monoisotopic (exact) mass is 380 g/mol. The van der Waals surface area contributed by atoms with Crippen LogP contribution < -0.4 is 4.74 Å². The topological polar surface area (TPSA) is 52.6 Å². The Labute approximate surface area is 156 Å². The first kappa shape index (κ1) is 19.3. The van der Waals surface area contributed by atoms with Crippen LogP contribution in [0.1, 0.15) is 23.1 Å². The minimum Gasteiger partial charge on any atom is -0.497 e. The van der Waals surface area contributed by atoms with Crippen molar-refractivity contribution in [3.05, 3.63) is 63.1 Å². The molecule has 0 atom stereocenters. The third kappa shape index (κ3) is 5.21. The maximum atomic E-state index is 12.1. The van der Waals surface area contributed by atoms with Crippen molar-refractivity contribution >= 4 is 35.0 Å². The van der Waals surface area contributed by atoms with Crippen molar-refractivity contribution in [2.75, 3.05) is 14.2 Å². The fourth-order valence-electron chi connectivity index (χ4n) is 2.46. The number of rotatable bonds is 7. The molecule has 132 valence electrons. The average Bonchev–Trinajstić information content (AvgIpc) is 2.60. The summed E-state index contributed by atoms with van der Waals surface area (Å²) in [4.78, 5) is 23.4. The zero-order chi connectivity index (χ0) is 18.4. The highest BCUT2D eigenvalue weighted by Crippen LogP contribution is 2.29. The minimum atomic E-state index is -0.544. The molecule has 0 bridgehead atoms. The average molecular weight is 381 g/mol. The molecule has 0 N–H and O–H groups in total. The molecule has 0 aliphatic rings. The van der Waals surface area contributed by atoms with E-state index in [4.69, 9.17) is 27.9 Å². The van der Waals surface area contributed by atoms with Gasteiger partial charge in [0.25, 0.3) is 0 Å². The molecular formula is C19H18Cl2O4. The number of benzene rings is 2. The number of esters is 1. The molecule has 0 aromatic heterocycles. The summed E-state index contributed by atoms with van der Waals surface area (Å²) in [6.45, 7) is 0. The zero-order valence-electron chi connectivity index (χ0n) is 14.0. The molecule has 25 heavy (non-hydrogen) atoms. The van der Waals surface area contributed by atoms with Crippen LogP contribution in [0.2, 0.25) is 10.0 Å². The van der Waals surface area contributed by atoms with Gasteiger partial charge >= 0.3 is 5.97 Å². The largest absolute Gasteiger partial charge is 0.497 e. The molecule has 4 nitrogen and oxygen atoms in total. The number of ketones is 1. The maximum absolute atomic E-state index is 12.1. The first-order chi connectivity index (χ1) is 11.9. The first-order valence-electron chi connectivity index (χ1n) is 7.61. The Hall–Kier alpha value is -2.04. The summed E-state index contributed by atoms with van der Waals surface area (Å²) in [5, 5.41) is 0.962. The Balaban J connectivity index is 2.30. The molecule has 0 spiro atoms. The summed E-state index contributed by atoms with van der Waals surface area (Å²) in [6.07, 6.45) is 0.379. The Morgan fingerprint density at radius 2 is 1.76 bits per heavy atom. The summed E-state index contributed by atoms with van der Waals surface area (Å²) in [5.41, 5.74) is 2.55. The van der Waals surface area contributed by atoms with Crippen molar-refractivity contribution in [3.63, 3.8) is 0 Å². The number of Topliss-reactive ketones (excluding diaryl/α,β-unsaturated/α-hetero) is 1. The number of methoxy groups -OCH3 is 2. The Morgan fingerprint density at radius 1 is 1.00 bits per heavy atom. The van der Waals surface area contributed by atoms with E-state index in [-0.39, 0.29) is 18.6 Å². The molecule has 0 saturated carbocycles. The van der Waals surface area contributed by atoms with Crippen LogP contribution in [-0.2, 0) is 27.2 Å². The number of ether oxygens (including phenoxy) is 2. The van der Waals surface area contributed by atoms with E-state index in [1.807, 2.05) is 24.3 Å². The maximum Gasteiger partial charge on any atom is 0.313 e. The summed E-state index contributed by atoms with van der Waals surface area (Å²) >= 11 is 12.3. The predicted octanol–water partition coefficient (Wildman–Crippen LogP) is 4.27. The molecular weight excluding hydrogens is 363 g/mol. The Kier molecular flexibility index (Phi) is 6.85.